The maximum Gasteiger partial charge on any atom is 0.411 e. The Labute approximate surface area is 328 Å². The first-order valence-corrected chi connectivity index (χ1v) is 21.9. The molecule has 0 aromatic heterocycles. The van der Waals surface area contributed by atoms with E-state index in [1.807, 2.05) is 53.9 Å². The summed E-state index contributed by atoms with van der Waals surface area (Å²) in [6.07, 6.45) is 13.8. The van der Waals surface area contributed by atoms with Gasteiger partial charge in [0.15, 0.2) is 0 Å². The molecule has 1 heterocycles. The van der Waals surface area contributed by atoms with Gasteiger partial charge in [-0.15, -0.1) is 0 Å². The average Bonchev–Trinajstić information content (AvgIpc) is 3.66. The zero-order chi connectivity index (χ0) is 39.6. The van der Waals surface area contributed by atoms with Gasteiger partial charge in [-0.2, -0.15) is 0 Å². The molecule has 1 saturated heterocycles. The first kappa shape index (κ1) is 43.2. The van der Waals surface area contributed by atoms with Crippen LogP contribution < -0.4 is 5.32 Å². The van der Waals surface area contributed by atoms with Crippen LogP contribution in [0, 0.1) is 46.3 Å². The summed E-state index contributed by atoms with van der Waals surface area (Å²) in [6.45, 7) is 16.4. The van der Waals surface area contributed by atoms with Crippen LogP contribution in [0.3, 0.4) is 0 Å². The fraction of sp³-hybridized carbons (Fsp3) is 0.932. The molecular formula is C44H79N5O5. The third kappa shape index (κ3) is 9.96. The molecule has 10 nitrogen and oxygen atoms in total. The van der Waals surface area contributed by atoms with Crippen LogP contribution in [0.15, 0.2) is 0 Å². The van der Waals surface area contributed by atoms with Crippen molar-refractivity contribution in [2.24, 2.45) is 46.3 Å². The Hall–Kier alpha value is -1.91. The van der Waals surface area contributed by atoms with Gasteiger partial charge >= 0.3 is 6.09 Å². The second kappa shape index (κ2) is 17.7. The van der Waals surface area contributed by atoms with E-state index < -0.39 is 17.7 Å². The van der Waals surface area contributed by atoms with Crippen molar-refractivity contribution in [3.8, 4) is 0 Å². The lowest BCUT2D eigenvalue weighted by molar-refractivity contribution is -0.136. The van der Waals surface area contributed by atoms with Gasteiger partial charge in [-0.3, -0.25) is 14.5 Å². The molecule has 3 amide bonds. The first-order valence-electron chi connectivity index (χ1n) is 21.9. The summed E-state index contributed by atoms with van der Waals surface area (Å²) in [5, 5.41) is 13.7. The first-order chi connectivity index (χ1) is 25.3. The number of likely N-dealkylation sites (tertiary alicyclic amines) is 1. The second-order valence-corrected chi connectivity index (χ2v) is 20.6. The van der Waals surface area contributed by atoms with E-state index in [1.165, 1.54) is 44.9 Å². The highest BCUT2D eigenvalue weighted by molar-refractivity contribution is 5.87. The van der Waals surface area contributed by atoms with Crippen LogP contribution in [-0.4, -0.2) is 127 Å². The minimum absolute atomic E-state index is 0.0204. The van der Waals surface area contributed by atoms with E-state index in [2.05, 4.69) is 35.9 Å². The maximum atomic E-state index is 14.2. The van der Waals surface area contributed by atoms with Crippen LogP contribution in [0.25, 0.3) is 0 Å². The zero-order valence-corrected chi connectivity index (χ0v) is 36.0. The Balaban J connectivity index is 1.19. The minimum atomic E-state index is -0.689. The van der Waals surface area contributed by atoms with Crippen molar-refractivity contribution in [3.63, 3.8) is 0 Å². The number of rotatable bonds is 14. The molecule has 0 spiro atoms. The molecule has 310 valence electrons. The lowest BCUT2D eigenvalue weighted by atomic mass is 9.44. The number of hydrogen-bond donors (Lipinski definition) is 2. The van der Waals surface area contributed by atoms with E-state index in [0.717, 1.165) is 62.9 Å². The van der Waals surface area contributed by atoms with Gasteiger partial charge in [0.25, 0.3) is 0 Å². The lowest BCUT2D eigenvalue weighted by Crippen LogP contribution is -2.54. The number of nitrogens with one attached hydrogen (secondary N) is 1. The largest absolute Gasteiger partial charge is 0.444 e. The Morgan fingerprint density at radius 2 is 1.48 bits per heavy atom. The molecule has 1 aliphatic heterocycles. The molecule has 4 saturated carbocycles. The standard InChI is InChI=1S/C44H79N5O5/c1-30(35-16-17-36-34-15-14-31-27-33(50)19-21-43(31,5)37(34)20-22-44(35,36)6)13-18-39(51)45-32-28-38(49(29-32)41(53)54-42(2,3)4)40(52)48(25-11-23-46(7)8)26-12-24-47(9)10/h30-38,50H,11-29H2,1-10H3,(H,45,51)/t30?,31?,32?,33-,34?,35-,36?,37?,38+,43+,44-/m1/s1. The number of aliphatic hydroxyl groups excluding tert-OH is 1. The predicted molar refractivity (Wildman–Crippen MR) is 216 cm³/mol. The number of fused-ring (bicyclic) bond motifs is 5. The summed E-state index contributed by atoms with van der Waals surface area (Å²) in [6, 6.07) is -0.954. The molecule has 5 aliphatic rings. The van der Waals surface area contributed by atoms with Crippen molar-refractivity contribution >= 4 is 17.9 Å². The van der Waals surface area contributed by atoms with Gasteiger partial charge in [0, 0.05) is 32.1 Å². The Kier molecular flexibility index (Phi) is 14.2. The number of carbonyl (C=O) groups is 3. The smallest absolute Gasteiger partial charge is 0.411 e. The summed E-state index contributed by atoms with van der Waals surface area (Å²) >= 11 is 0. The summed E-state index contributed by atoms with van der Waals surface area (Å²) in [4.78, 5) is 49.1. The minimum Gasteiger partial charge on any atom is -0.444 e. The molecular weight excluding hydrogens is 679 g/mol. The summed E-state index contributed by atoms with van der Waals surface area (Å²) in [5.74, 6) is 4.14. The van der Waals surface area contributed by atoms with Gasteiger partial charge in [-0.05, 0) is 192 Å². The van der Waals surface area contributed by atoms with Gasteiger partial charge in [-0.1, -0.05) is 20.8 Å². The van der Waals surface area contributed by atoms with Gasteiger partial charge < -0.3 is 29.9 Å². The number of amides is 3. The monoisotopic (exact) mass is 758 g/mol. The molecule has 5 fully saturated rings. The second-order valence-electron chi connectivity index (χ2n) is 20.6. The number of aliphatic hydroxyl groups is 1. The van der Waals surface area contributed by atoms with Crippen molar-refractivity contribution in [1.82, 2.24) is 24.9 Å². The fourth-order valence-electron chi connectivity index (χ4n) is 12.5. The summed E-state index contributed by atoms with van der Waals surface area (Å²) in [5.41, 5.74) is 0.0438. The third-order valence-electron chi connectivity index (χ3n) is 15.2. The van der Waals surface area contributed by atoms with Crippen molar-refractivity contribution in [3.05, 3.63) is 0 Å². The fourth-order valence-corrected chi connectivity index (χ4v) is 12.5. The molecule has 4 aliphatic carbocycles. The van der Waals surface area contributed by atoms with Crippen LogP contribution in [0.5, 0.6) is 0 Å². The van der Waals surface area contributed by atoms with E-state index in [9.17, 15) is 19.5 Å². The van der Waals surface area contributed by atoms with Crippen molar-refractivity contribution in [2.45, 2.75) is 155 Å². The Morgan fingerprint density at radius 1 is 0.852 bits per heavy atom. The summed E-state index contributed by atoms with van der Waals surface area (Å²) < 4.78 is 5.80. The zero-order valence-electron chi connectivity index (χ0n) is 36.0. The van der Waals surface area contributed by atoms with Crippen LogP contribution in [0.2, 0.25) is 0 Å². The quantitative estimate of drug-likeness (QED) is 0.205. The van der Waals surface area contributed by atoms with E-state index in [1.54, 1.807) is 4.90 Å². The molecule has 5 rings (SSSR count). The predicted octanol–water partition coefficient (Wildman–Crippen LogP) is 6.65. The summed E-state index contributed by atoms with van der Waals surface area (Å²) in [7, 11) is 8.16. The molecule has 0 aromatic rings. The Morgan fingerprint density at radius 3 is 2.11 bits per heavy atom. The highest BCUT2D eigenvalue weighted by atomic mass is 16.6. The topological polar surface area (TPSA) is 106 Å². The molecule has 0 radical (unpaired) electrons. The van der Waals surface area contributed by atoms with Gasteiger partial charge in [0.2, 0.25) is 11.8 Å². The van der Waals surface area contributed by atoms with Crippen LogP contribution in [-0.2, 0) is 14.3 Å². The van der Waals surface area contributed by atoms with Gasteiger partial charge in [0.1, 0.15) is 11.6 Å². The highest BCUT2D eigenvalue weighted by Crippen LogP contribution is 2.68. The number of nitrogens with zero attached hydrogens (tertiary/aromatic N) is 4. The van der Waals surface area contributed by atoms with Crippen LogP contribution >= 0.6 is 0 Å². The number of ether oxygens (including phenoxy) is 1. The molecule has 11 atom stereocenters. The number of hydrogen-bond acceptors (Lipinski definition) is 7. The Bertz CT molecular complexity index is 1270. The van der Waals surface area contributed by atoms with Crippen LogP contribution in [0.1, 0.15) is 131 Å². The molecule has 10 heteroatoms. The maximum absolute atomic E-state index is 14.2. The molecule has 54 heavy (non-hydrogen) atoms. The normalized spacial score (nSPS) is 35.7. The van der Waals surface area contributed by atoms with E-state index >= 15 is 0 Å². The van der Waals surface area contributed by atoms with Gasteiger partial charge in [-0.25, -0.2) is 4.79 Å². The molecule has 0 bridgehead atoms. The van der Waals surface area contributed by atoms with E-state index in [-0.39, 0.29) is 30.5 Å². The highest BCUT2D eigenvalue weighted by Gasteiger charge is 2.60. The number of carbonyl (C=O) groups excluding carboxylic acids is 3. The molecule has 2 N–H and O–H groups in total. The van der Waals surface area contributed by atoms with Crippen molar-refractivity contribution < 1.29 is 24.2 Å². The average molecular weight is 758 g/mol. The van der Waals surface area contributed by atoms with Gasteiger partial charge in [0.05, 0.1) is 6.10 Å². The third-order valence-corrected chi connectivity index (χ3v) is 15.2. The molecule has 0 aromatic carbocycles. The van der Waals surface area contributed by atoms with Crippen LogP contribution in [0.4, 0.5) is 4.79 Å². The van der Waals surface area contributed by atoms with E-state index in [0.29, 0.717) is 54.5 Å². The SMILES string of the molecule is CC(CCC(=O)NC1C[C@@H](C(=O)N(CCCN(C)C)CCCN(C)C)N(C(=O)OC(C)(C)C)C1)[C@H]1CCC2C3CCC4C[C@H](O)CC[C@]4(C)C3CC[C@@]21C. The van der Waals surface area contributed by atoms with Crippen molar-refractivity contribution in [1.29, 1.82) is 0 Å². The lowest BCUT2D eigenvalue weighted by Gasteiger charge is -2.61. The molecule has 6 unspecified atom stereocenters. The van der Waals surface area contributed by atoms with Crippen molar-refractivity contribution in [2.75, 3.05) is 60.9 Å². The van der Waals surface area contributed by atoms with E-state index in [4.69, 9.17) is 4.74 Å².